The minimum Gasteiger partial charge on any atom is -0.311 e. The fraction of sp³-hybridized carbons (Fsp3) is 0.200. The van der Waals surface area contributed by atoms with Crippen LogP contribution in [0.2, 0.25) is 0 Å². The van der Waals surface area contributed by atoms with Crippen LogP contribution in [-0.2, 0) is 6.42 Å². The second-order valence-electron chi connectivity index (χ2n) is 11.9. The van der Waals surface area contributed by atoms with Crippen LogP contribution >= 0.6 is 114 Å². The van der Waals surface area contributed by atoms with Gasteiger partial charge in [-0.3, -0.25) is 0 Å². The number of nitrogens with zero attached hydrogens (tertiary/aromatic N) is 1. The van der Waals surface area contributed by atoms with Crippen molar-refractivity contribution in [2.45, 2.75) is 58.8 Å². The fourth-order valence-electron chi connectivity index (χ4n) is 4.81. The summed E-state index contributed by atoms with van der Waals surface area (Å²) in [5, 5.41) is 8.17. The molecular formula is C45H46Br5NS3. The minimum atomic E-state index is 1.09. The standard InChI is InChI=1S/C18H14BrN.C14H21Br.C5H5BrS.2C4H3BrS/c19-15-11-13-18(14-12-15)20(16-7-3-1-4-8-16)17-9-5-2-6-10-17;1-2-3-4-5-6-7-8-13-9-11-14(15)12-10-13;1-4-2-3-7-5(4)6;5-4-1-2-6-3-4;5-4-2-1-3-6-4/h1-14H;9-12H,2-8H2,1H3;2-3H,1H3;2*1-3H. The van der Waals surface area contributed by atoms with Gasteiger partial charge in [-0.05, 0) is 174 Å². The molecule has 0 saturated carbocycles. The first-order valence-corrected chi connectivity index (χ1v) is 24.4. The highest BCUT2D eigenvalue weighted by molar-refractivity contribution is 9.11. The van der Waals surface area contributed by atoms with E-state index in [0.717, 1.165) is 21.5 Å². The Morgan fingerprint density at radius 3 is 1.43 bits per heavy atom. The third-order valence-electron chi connectivity index (χ3n) is 7.62. The van der Waals surface area contributed by atoms with E-state index in [9.17, 15) is 0 Å². The van der Waals surface area contributed by atoms with Crippen molar-refractivity contribution < 1.29 is 0 Å². The summed E-state index contributed by atoms with van der Waals surface area (Å²) in [6.07, 6.45) is 9.52. The van der Waals surface area contributed by atoms with Crippen molar-refractivity contribution in [3.8, 4) is 0 Å². The Labute approximate surface area is 377 Å². The molecule has 1 nitrogen and oxygen atoms in total. The van der Waals surface area contributed by atoms with E-state index in [-0.39, 0.29) is 0 Å². The average molecular weight is 1100 g/mol. The first-order valence-electron chi connectivity index (χ1n) is 17.7. The summed E-state index contributed by atoms with van der Waals surface area (Å²) in [5.74, 6) is 0. The maximum atomic E-state index is 3.49. The molecular weight excluding hydrogens is 1050 g/mol. The molecule has 0 bridgehead atoms. The summed E-state index contributed by atoms with van der Waals surface area (Å²) >= 11 is 22.0. The Morgan fingerprint density at radius 1 is 0.481 bits per heavy atom. The second-order valence-corrected chi connectivity index (χ2v) is 20.0. The van der Waals surface area contributed by atoms with Gasteiger partial charge in [0.25, 0.3) is 0 Å². The second kappa shape index (κ2) is 28.6. The van der Waals surface area contributed by atoms with Crippen molar-refractivity contribution in [1.29, 1.82) is 0 Å². The van der Waals surface area contributed by atoms with Crippen LogP contribution in [0.5, 0.6) is 0 Å². The van der Waals surface area contributed by atoms with Gasteiger partial charge in [0, 0.05) is 35.9 Å². The highest BCUT2D eigenvalue weighted by atomic mass is 79.9. The Bertz CT molecular complexity index is 1810. The number of para-hydroxylation sites is 2. The molecule has 3 heterocycles. The number of aryl methyl sites for hydroxylation is 2. The number of benzene rings is 4. The topological polar surface area (TPSA) is 3.24 Å². The van der Waals surface area contributed by atoms with E-state index in [1.807, 2.05) is 46.5 Å². The summed E-state index contributed by atoms with van der Waals surface area (Å²) in [7, 11) is 0. The first-order chi connectivity index (χ1) is 26.3. The van der Waals surface area contributed by atoms with Gasteiger partial charge < -0.3 is 4.90 Å². The maximum Gasteiger partial charge on any atom is 0.0727 e. The van der Waals surface area contributed by atoms with E-state index in [0.29, 0.717) is 0 Å². The van der Waals surface area contributed by atoms with Crippen molar-refractivity contribution in [1.82, 2.24) is 0 Å². The van der Waals surface area contributed by atoms with Crippen LogP contribution < -0.4 is 4.90 Å². The van der Waals surface area contributed by atoms with Gasteiger partial charge in [-0.1, -0.05) is 125 Å². The number of halogens is 5. The molecule has 9 heteroatoms. The first kappa shape index (κ1) is 46.6. The summed E-state index contributed by atoms with van der Waals surface area (Å²) in [6.45, 7) is 4.35. The SMILES string of the molecule is Brc1ccc(N(c2ccccc2)c2ccccc2)cc1.Brc1cccs1.Brc1ccsc1.CCCCCCCCc1ccc(Br)cc1.Cc1ccsc1Br. The van der Waals surface area contributed by atoms with Crippen molar-refractivity contribution in [3.63, 3.8) is 0 Å². The molecule has 3 aromatic heterocycles. The third-order valence-corrected chi connectivity index (χ3v) is 13.6. The molecule has 54 heavy (non-hydrogen) atoms. The lowest BCUT2D eigenvalue weighted by Gasteiger charge is -2.25. The van der Waals surface area contributed by atoms with E-state index in [1.54, 1.807) is 34.0 Å². The van der Waals surface area contributed by atoms with E-state index in [4.69, 9.17) is 0 Å². The zero-order valence-corrected chi connectivity index (χ0v) is 40.9. The van der Waals surface area contributed by atoms with Crippen LogP contribution in [0, 0.1) is 6.92 Å². The smallest absolute Gasteiger partial charge is 0.0727 e. The number of anilines is 3. The molecule has 0 aliphatic heterocycles. The van der Waals surface area contributed by atoms with Crippen LogP contribution in [-0.4, -0.2) is 0 Å². The number of thiophene rings is 3. The summed E-state index contributed by atoms with van der Waals surface area (Å²) < 4.78 is 5.87. The molecule has 0 unspecified atom stereocenters. The Hall–Kier alpha value is -1.82. The van der Waals surface area contributed by atoms with E-state index in [1.165, 1.54) is 72.6 Å². The monoisotopic (exact) mass is 1090 g/mol. The van der Waals surface area contributed by atoms with Crippen LogP contribution in [0.3, 0.4) is 0 Å². The molecule has 4 aromatic carbocycles. The lowest BCUT2D eigenvalue weighted by atomic mass is 10.1. The van der Waals surface area contributed by atoms with Gasteiger partial charge in [0.1, 0.15) is 0 Å². The van der Waals surface area contributed by atoms with Crippen molar-refractivity contribution in [3.05, 3.63) is 187 Å². The van der Waals surface area contributed by atoms with E-state index < -0.39 is 0 Å². The molecule has 0 amide bonds. The van der Waals surface area contributed by atoms with Gasteiger partial charge in [0.15, 0.2) is 0 Å². The highest BCUT2D eigenvalue weighted by Crippen LogP contribution is 2.34. The molecule has 0 fully saturated rings. The molecule has 0 atom stereocenters. The maximum absolute atomic E-state index is 3.49. The predicted molar refractivity (Wildman–Crippen MR) is 261 cm³/mol. The lowest BCUT2D eigenvalue weighted by molar-refractivity contribution is 0.607. The molecule has 0 aliphatic carbocycles. The van der Waals surface area contributed by atoms with E-state index >= 15 is 0 Å². The lowest BCUT2D eigenvalue weighted by Crippen LogP contribution is -2.09. The van der Waals surface area contributed by atoms with Crippen molar-refractivity contribution in [2.24, 2.45) is 0 Å². The van der Waals surface area contributed by atoms with Gasteiger partial charge in [-0.15, -0.1) is 22.7 Å². The quantitative estimate of drug-likeness (QED) is 0.123. The average Bonchev–Trinajstić information content (AvgIpc) is 3.98. The van der Waals surface area contributed by atoms with Gasteiger partial charge in [-0.2, -0.15) is 11.3 Å². The molecule has 7 rings (SSSR count). The molecule has 0 spiro atoms. The molecule has 284 valence electrons. The number of unbranched alkanes of at least 4 members (excludes halogenated alkanes) is 5. The number of rotatable bonds is 10. The molecule has 7 aromatic rings. The molecule has 0 N–H and O–H groups in total. The summed E-state index contributed by atoms with van der Waals surface area (Å²) in [5.41, 5.74) is 6.24. The van der Waals surface area contributed by atoms with Crippen LogP contribution in [0.4, 0.5) is 17.1 Å². The largest absolute Gasteiger partial charge is 0.311 e. The number of hydrogen-bond donors (Lipinski definition) is 0. The normalized spacial score (nSPS) is 9.91. The van der Waals surface area contributed by atoms with Crippen LogP contribution in [0.25, 0.3) is 0 Å². The van der Waals surface area contributed by atoms with Gasteiger partial charge in [-0.25, -0.2) is 0 Å². The summed E-state index contributed by atoms with van der Waals surface area (Å²) in [6, 6.07) is 46.0. The van der Waals surface area contributed by atoms with Gasteiger partial charge >= 0.3 is 0 Å². The van der Waals surface area contributed by atoms with Gasteiger partial charge in [0.05, 0.1) is 7.57 Å². The van der Waals surface area contributed by atoms with Crippen LogP contribution in [0.15, 0.2) is 176 Å². The fourth-order valence-corrected chi connectivity index (χ4v) is 8.51. The Kier molecular flexibility index (Phi) is 24.6. The predicted octanol–water partition coefficient (Wildman–Crippen LogP) is 19.1. The Balaban J connectivity index is 0.000000200. The number of hydrogen-bond acceptors (Lipinski definition) is 4. The highest BCUT2D eigenvalue weighted by Gasteiger charge is 2.11. The minimum absolute atomic E-state index is 1.09. The van der Waals surface area contributed by atoms with E-state index in [2.05, 4.69) is 207 Å². The van der Waals surface area contributed by atoms with Crippen molar-refractivity contribution >= 4 is 131 Å². The van der Waals surface area contributed by atoms with Crippen LogP contribution in [0.1, 0.15) is 56.6 Å². The summed E-state index contributed by atoms with van der Waals surface area (Å²) in [4.78, 5) is 2.24. The van der Waals surface area contributed by atoms with Crippen molar-refractivity contribution in [2.75, 3.05) is 4.90 Å². The third kappa shape index (κ3) is 19.9. The zero-order valence-electron chi connectivity index (χ0n) is 30.5. The molecule has 0 aliphatic rings. The zero-order chi connectivity index (χ0) is 38.8. The molecule has 0 radical (unpaired) electrons. The molecule has 0 saturated heterocycles. The Morgan fingerprint density at radius 2 is 1.04 bits per heavy atom. The van der Waals surface area contributed by atoms with Gasteiger partial charge in [0.2, 0.25) is 0 Å².